The van der Waals surface area contributed by atoms with Crippen molar-refractivity contribution in [3.63, 3.8) is 0 Å². The second kappa shape index (κ2) is 2.92. The number of fused-ring (bicyclic) bond motifs is 1. The number of carbonyl (C=O) groups is 1. The summed E-state index contributed by atoms with van der Waals surface area (Å²) in [5, 5.41) is 8.83. The Hall–Kier alpha value is -0.790. The van der Waals surface area contributed by atoms with Gasteiger partial charge in [-0.05, 0) is 31.1 Å². The lowest BCUT2D eigenvalue weighted by molar-refractivity contribution is -0.139. The molecule has 2 heteroatoms. The molecular formula is C10H14O2. The van der Waals surface area contributed by atoms with Crippen molar-refractivity contribution in [2.45, 2.75) is 25.7 Å². The van der Waals surface area contributed by atoms with Gasteiger partial charge in [-0.1, -0.05) is 18.6 Å². The summed E-state index contributed by atoms with van der Waals surface area (Å²) in [6.07, 6.45) is 8.95. The van der Waals surface area contributed by atoms with Crippen LogP contribution in [0.5, 0.6) is 0 Å². The predicted molar refractivity (Wildman–Crippen MR) is 45.7 cm³/mol. The number of rotatable bonds is 1. The van der Waals surface area contributed by atoms with Gasteiger partial charge in [-0.15, -0.1) is 0 Å². The molecule has 0 heterocycles. The first kappa shape index (κ1) is 7.84. The fourth-order valence-corrected chi connectivity index (χ4v) is 2.28. The Morgan fingerprint density at radius 1 is 1.42 bits per heavy atom. The van der Waals surface area contributed by atoms with E-state index in [0.29, 0.717) is 11.8 Å². The molecule has 0 unspecified atom stereocenters. The van der Waals surface area contributed by atoms with Crippen LogP contribution in [0.1, 0.15) is 25.7 Å². The van der Waals surface area contributed by atoms with E-state index in [9.17, 15) is 4.79 Å². The molecule has 2 aliphatic carbocycles. The highest BCUT2D eigenvalue weighted by Crippen LogP contribution is 2.51. The number of hydrogen-bond acceptors (Lipinski definition) is 1. The monoisotopic (exact) mass is 166 g/mol. The highest BCUT2D eigenvalue weighted by Gasteiger charge is 2.52. The zero-order chi connectivity index (χ0) is 8.55. The standard InChI is InChI=1S/C10H14O2/c11-10(12)9-7-5-3-1-2-4-6-8(7)9/h3,5,7-9H,1-2,4,6H2,(H,11,12)/t7-,8-,9+/m0/s1. The third-order valence-corrected chi connectivity index (χ3v) is 3.03. The molecule has 66 valence electrons. The summed E-state index contributed by atoms with van der Waals surface area (Å²) in [5.41, 5.74) is 0. The van der Waals surface area contributed by atoms with Crippen molar-refractivity contribution < 1.29 is 9.90 Å². The van der Waals surface area contributed by atoms with E-state index >= 15 is 0 Å². The molecule has 2 aliphatic rings. The van der Waals surface area contributed by atoms with Crippen molar-refractivity contribution in [3.05, 3.63) is 12.2 Å². The SMILES string of the molecule is O=C(O)[C@@H]1[C@H]2C=CCCCC[C@@H]21. The summed E-state index contributed by atoms with van der Waals surface area (Å²) in [5.74, 6) is 0.165. The fourth-order valence-electron chi connectivity index (χ4n) is 2.28. The van der Waals surface area contributed by atoms with Gasteiger partial charge >= 0.3 is 5.97 Å². The molecule has 0 amide bonds. The summed E-state index contributed by atoms with van der Waals surface area (Å²) in [6, 6.07) is 0. The van der Waals surface area contributed by atoms with Crippen molar-refractivity contribution in [1.82, 2.24) is 0 Å². The van der Waals surface area contributed by atoms with Crippen molar-refractivity contribution in [3.8, 4) is 0 Å². The molecule has 2 rings (SSSR count). The normalized spacial score (nSPS) is 39.5. The van der Waals surface area contributed by atoms with Crippen LogP contribution in [0.25, 0.3) is 0 Å². The maximum atomic E-state index is 10.7. The van der Waals surface area contributed by atoms with Gasteiger partial charge in [0, 0.05) is 0 Å². The zero-order valence-corrected chi connectivity index (χ0v) is 7.07. The van der Waals surface area contributed by atoms with Gasteiger partial charge in [0.2, 0.25) is 0 Å². The van der Waals surface area contributed by atoms with E-state index in [1.54, 1.807) is 0 Å². The first-order valence-electron chi connectivity index (χ1n) is 4.70. The maximum absolute atomic E-state index is 10.7. The van der Waals surface area contributed by atoms with E-state index in [1.165, 1.54) is 12.8 Å². The topological polar surface area (TPSA) is 37.3 Å². The van der Waals surface area contributed by atoms with E-state index in [0.717, 1.165) is 12.8 Å². The van der Waals surface area contributed by atoms with Crippen LogP contribution in [-0.2, 0) is 4.79 Å². The van der Waals surface area contributed by atoms with Crippen LogP contribution in [0, 0.1) is 17.8 Å². The molecule has 1 saturated carbocycles. The minimum Gasteiger partial charge on any atom is -0.481 e. The zero-order valence-electron chi connectivity index (χ0n) is 7.07. The number of allylic oxidation sites excluding steroid dienone is 2. The Balaban J connectivity index is 2.03. The number of aliphatic carboxylic acids is 1. The lowest BCUT2D eigenvalue weighted by Crippen LogP contribution is -1.99. The Kier molecular flexibility index (Phi) is 1.91. The number of carboxylic acid groups (broad SMARTS) is 1. The first-order chi connectivity index (χ1) is 5.80. The second-order valence-electron chi connectivity index (χ2n) is 3.82. The second-order valence-corrected chi connectivity index (χ2v) is 3.82. The Labute approximate surface area is 72.3 Å². The largest absolute Gasteiger partial charge is 0.481 e. The highest BCUT2D eigenvalue weighted by atomic mass is 16.4. The molecule has 0 aliphatic heterocycles. The molecule has 0 saturated heterocycles. The summed E-state index contributed by atoms with van der Waals surface area (Å²) in [4.78, 5) is 10.7. The van der Waals surface area contributed by atoms with Crippen molar-refractivity contribution in [2.75, 3.05) is 0 Å². The van der Waals surface area contributed by atoms with Gasteiger partial charge in [0.05, 0.1) is 5.92 Å². The molecule has 3 atom stereocenters. The third-order valence-electron chi connectivity index (χ3n) is 3.03. The van der Waals surface area contributed by atoms with E-state index in [1.807, 2.05) is 0 Å². The third kappa shape index (κ3) is 1.26. The minimum absolute atomic E-state index is 0.0562. The van der Waals surface area contributed by atoms with Crippen molar-refractivity contribution >= 4 is 5.97 Å². The van der Waals surface area contributed by atoms with Crippen molar-refractivity contribution in [2.24, 2.45) is 17.8 Å². The van der Waals surface area contributed by atoms with Crippen LogP contribution >= 0.6 is 0 Å². The van der Waals surface area contributed by atoms with Gasteiger partial charge in [-0.25, -0.2) is 0 Å². The van der Waals surface area contributed by atoms with Gasteiger partial charge in [0.15, 0.2) is 0 Å². The van der Waals surface area contributed by atoms with Crippen LogP contribution in [0.4, 0.5) is 0 Å². The van der Waals surface area contributed by atoms with Gasteiger partial charge in [-0.3, -0.25) is 4.79 Å². The molecule has 1 fully saturated rings. The quantitative estimate of drug-likeness (QED) is 0.605. The Morgan fingerprint density at radius 3 is 3.00 bits per heavy atom. The van der Waals surface area contributed by atoms with Gasteiger partial charge in [0.25, 0.3) is 0 Å². The predicted octanol–water partition coefficient (Wildman–Crippen LogP) is 2.06. The van der Waals surface area contributed by atoms with Crippen LogP contribution in [0.15, 0.2) is 12.2 Å². The first-order valence-corrected chi connectivity index (χ1v) is 4.70. The minimum atomic E-state index is -0.600. The van der Waals surface area contributed by atoms with Crippen LogP contribution < -0.4 is 0 Å². The van der Waals surface area contributed by atoms with E-state index in [-0.39, 0.29) is 5.92 Å². The van der Waals surface area contributed by atoms with Gasteiger partial charge in [-0.2, -0.15) is 0 Å². The number of hydrogen-bond donors (Lipinski definition) is 1. The fraction of sp³-hybridized carbons (Fsp3) is 0.700. The molecule has 0 aromatic heterocycles. The van der Waals surface area contributed by atoms with Crippen LogP contribution in [0.2, 0.25) is 0 Å². The summed E-state index contributed by atoms with van der Waals surface area (Å²) in [7, 11) is 0. The average molecular weight is 166 g/mol. The molecule has 0 aromatic carbocycles. The highest BCUT2D eigenvalue weighted by molar-refractivity contribution is 5.74. The Bertz CT molecular complexity index is 220. The molecule has 0 spiro atoms. The Morgan fingerprint density at radius 2 is 2.25 bits per heavy atom. The summed E-state index contributed by atoms with van der Waals surface area (Å²) < 4.78 is 0. The summed E-state index contributed by atoms with van der Waals surface area (Å²) >= 11 is 0. The lowest BCUT2D eigenvalue weighted by Gasteiger charge is -1.99. The summed E-state index contributed by atoms with van der Waals surface area (Å²) in [6.45, 7) is 0. The van der Waals surface area contributed by atoms with E-state index < -0.39 is 5.97 Å². The van der Waals surface area contributed by atoms with E-state index in [2.05, 4.69) is 12.2 Å². The van der Waals surface area contributed by atoms with Gasteiger partial charge in [0.1, 0.15) is 0 Å². The smallest absolute Gasteiger partial charge is 0.307 e. The van der Waals surface area contributed by atoms with E-state index in [4.69, 9.17) is 5.11 Å². The number of carboxylic acids is 1. The molecule has 0 radical (unpaired) electrons. The van der Waals surface area contributed by atoms with Crippen LogP contribution in [0.3, 0.4) is 0 Å². The molecule has 2 nitrogen and oxygen atoms in total. The lowest BCUT2D eigenvalue weighted by atomic mass is 10.1. The van der Waals surface area contributed by atoms with Gasteiger partial charge < -0.3 is 5.11 Å². The molecule has 0 bridgehead atoms. The van der Waals surface area contributed by atoms with Crippen LogP contribution in [-0.4, -0.2) is 11.1 Å². The molecule has 0 aromatic rings. The average Bonchev–Trinajstić information content (AvgIpc) is 2.60. The molecular weight excluding hydrogens is 152 g/mol. The molecule has 12 heavy (non-hydrogen) atoms. The maximum Gasteiger partial charge on any atom is 0.307 e. The van der Waals surface area contributed by atoms with Crippen molar-refractivity contribution in [1.29, 1.82) is 0 Å². The molecule has 1 N–H and O–H groups in total.